The predicted molar refractivity (Wildman–Crippen MR) is 57.2 cm³/mol. The molecular weight excluding hydrogens is 267 g/mol. The first-order chi connectivity index (χ1) is 6.66. The third-order valence-electron chi connectivity index (χ3n) is 1.83. The van der Waals surface area contributed by atoms with E-state index in [1.165, 1.54) is 0 Å². The second-order valence-electron chi connectivity index (χ2n) is 2.83. The van der Waals surface area contributed by atoms with Gasteiger partial charge < -0.3 is 4.52 Å². The Morgan fingerprint density at radius 2 is 2.21 bits per heavy atom. The standard InChI is InChI=1S/C9H6BrClN2O/c1-5-2-3-6(11)4-7(5)8-12-9(10)13-14-8/h2-4H,1H3. The molecule has 3 nitrogen and oxygen atoms in total. The first kappa shape index (κ1) is 9.68. The van der Waals surface area contributed by atoms with Gasteiger partial charge >= 0.3 is 0 Å². The lowest BCUT2D eigenvalue weighted by atomic mass is 10.1. The molecule has 0 unspecified atom stereocenters. The minimum Gasteiger partial charge on any atom is -0.333 e. The van der Waals surface area contributed by atoms with Gasteiger partial charge in [-0.15, -0.1) is 0 Å². The van der Waals surface area contributed by atoms with Crippen molar-refractivity contribution in [2.75, 3.05) is 0 Å². The molecular formula is C9H6BrClN2O. The zero-order valence-corrected chi connectivity index (χ0v) is 9.63. The maximum Gasteiger partial charge on any atom is 0.259 e. The number of aromatic nitrogens is 2. The molecule has 0 aliphatic heterocycles. The van der Waals surface area contributed by atoms with Gasteiger partial charge in [-0.1, -0.05) is 17.7 Å². The molecule has 0 amide bonds. The molecule has 0 spiro atoms. The topological polar surface area (TPSA) is 38.9 Å². The minimum absolute atomic E-state index is 0.437. The van der Waals surface area contributed by atoms with Crippen molar-refractivity contribution in [2.24, 2.45) is 0 Å². The van der Waals surface area contributed by atoms with Crippen molar-refractivity contribution in [3.63, 3.8) is 0 Å². The van der Waals surface area contributed by atoms with Gasteiger partial charge in [-0.25, -0.2) is 0 Å². The molecule has 1 heterocycles. The highest BCUT2D eigenvalue weighted by Gasteiger charge is 2.09. The SMILES string of the molecule is Cc1ccc(Cl)cc1-c1nc(Br)no1. The fourth-order valence-corrected chi connectivity index (χ4v) is 1.55. The highest BCUT2D eigenvalue weighted by molar-refractivity contribution is 9.10. The normalized spacial score (nSPS) is 10.5. The number of rotatable bonds is 1. The van der Waals surface area contributed by atoms with Crippen LogP contribution in [0.1, 0.15) is 5.56 Å². The Kier molecular flexibility index (Phi) is 2.56. The Balaban J connectivity index is 2.55. The van der Waals surface area contributed by atoms with Crippen molar-refractivity contribution in [3.8, 4) is 11.5 Å². The van der Waals surface area contributed by atoms with Gasteiger partial charge in [0.15, 0.2) is 0 Å². The molecule has 0 radical (unpaired) electrons. The van der Waals surface area contributed by atoms with E-state index in [1.54, 1.807) is 6.07 Å². The van der Waals surface area contributed by atoms with Crippen molar-refractivity contribution in [2.45, 2.75) is 6.92 Å². The van der Waals surface area contributed by atoms with Gasteiger partial charge in [-0.05, 0) is 45.7 Å². The number of nitrogens with zero attached hydrogens (tertiary/aromatic N) is 2. The summed E-state index contributed by atoms with van der Waals surface area (Å²) in [6.45, 7) is 1.96. The van der Waals surface area contributed by atoms with Crippen LogP contribution in [-0.4, -0.2) is 10.1 Å². The highest BCUT2D eigenvalue weighted by Crippen LogP contribution is 2.25. The van der Waals surface area contributed by atoms with E-state index in [0.717, 1.165) is 11.1 Å². The summed E-state index contributed by atoms with van der Waals surface area (Å²) in [5, 5.41) is 4.30. The second kappa shape index (κ2) is 3.71. The third kappa shape index (κ3) is 1.81. The van der Waals surface area contributed by atoms with Gasteiger partial charge in [-0.2, -0.15) is 4.98 Å². The van der Waals surface area contributed by atoms with Crippen LogP contribution >= 0.6 is 27.5 Å². The summed E-state index contributed by atoms with van der Waals surface area (Å²) in [6, 6.07) is 5.54. The summed E-state index contributed by atoms with van der Waals surface area (Å²) in [6.07, 6.45) is 0. The summed E-state index contributed by atoms with van der Waals surface area (Å²) in [4.78, 5) is 4.06. The van der Waals surface area contributed by atoms with Crippen molar-refractivity contribution in [1.82, 2.24) is 10.1 Å². The first-order valence-corrected chi connectivity index (χ1v) is 5.09. The number of hydrogen-bond donors (Lipinski definition) is 0. The summed E-state index contributed by atoms with van der Waals surface area (Å²) in [5.41, 5.74) is 1.90. The second-order valence-corrected chi connectivity index (χ2v) is 3.97. The molecule has 72 valence electrons. The summed E-state index contributed by atoms with van der Waals surface area (Å²) in [7, 11) is 0. The van der Waals surface area contributed by atoms with Gasteiger partial charge in [0.25, 0.3) is 5.89 Å². The van der Waals surface area contributed by atoms with Crippen molar-refractivity contribution >= 4 is 27.5 Å². The average Bonchev–Trinajstić information content (AvgIpc) is 2.56. The molecule has 0 atom stereocenters. The fourth-order valence-electron chi connectivity index (χ4n) is 1.14. The highest BCUT2D eigenvalue weighted by atomic mass is 79.9. The number of benzene rings is 1. The van der Waals surface area contributed by atoms with E-state index in [9.17, 15) is 0 Å². The van der Waals surface area contributed by atoms with Gasteiger partial charge in [0, 0.05) is 10.6 Å². The number of aryl methyl sites for hydroxylation is 1. The van der Waals surface area contributed by atoms with Gasteiger partial charge in [-0.3, -0.25) is 0 Å². The van der Waals surface area contributed by atoms with Gasteiger partial charge in [0.1, 0.15) is 0 Å². The van der Waals surface area contributed by atoms with Gasteiger partial charge in [0.05, 0.1) is 0 Å². The van der Waals surface area contributed by atoms with E-state index in [4.69, 9.17) is 16.1 Å². The predicted octanol–water partition coefficient (Wildman–Crippen LogP) is 3.46. The number of hydrogen-bond acceptors (Lipinski definition) is 3. The monoisotopic (exact) mass is 272 g/mol. The van der Waals surface area contributed by atoms with Crippen LogP contribution in [0.25, 0.3) is 11.5 Å². The van der Waals surface area contributed by atoms with Crippen molar-refractivity contribution in [3.05, 3.63) is 33.5 Å². The lowest BCUT2D eigenvalue weighted by molar-refractivity contribution is 0.426. The smallest absolute Gasteiger partial charge is 0.259 e. The molecule has 0 N–H and O–H groups in total. The molecule has 5 heteroatoms. The maximum absolute atomic E-state index is 5.87. The van der Waals surface area contributed by atoms with E-state index < -0.39 is 0 Å². The van der Waals surface area contributed by atoms with Crippen LogP contribution in [0.15, 0.2) is 27.5 Å². The van der Waals surface area contributed by atoms with Crippen LogP contribution in [0, 0.1) is 6.92 Å². The van der Waals surface area contributed by atoms with Crippen LogP contribution in [0.3, 0.4) is 0 Å². The minimum atomic E-state index is 0.437. The summed E-state index contributed by atoms with van der Waals surface area (Å²) in [5.74, 6) is 0.469. The Labute approximate surface area is 94.2 Å². The lowest BCUT2D eigenvalue weighted by Crippen LogP contribution is -1.82. The molecule has 0 saturated heterocycles. The molecule has 0 saturated carbocycles. The molecule has 0 fully saturated rings. The molecule has 0 bridgehead atoms. The Hall–Kier alpha value is -0.870. The van der Waals surface area contributed by atoms with Crippen LogP contribution in [-0.2, 0) is 0 Å². The zero-order chi connectivity index (χ0) is 10.1. The van der Waals surface area contributed by atoms with Gasteiger partial charge in [0.2, 0.25) is 4.73 Å². The molecule has 1 aromatic carbocycles. The third-order valence-corrected chi connectivity index (χ3v) is 2.39. The fraction of sp³-hybridized carbons (Fsp3) is 0.111. The molecule has 0 aliphatic carbocycles. The van der Waals surface area contributed by atoms with E-state index in [0.29, 0.717) is 15.6 Å². The average molecular weight is 274 g/mol. The van der Waals surface area contributed by atoms with Crippen LogP contribution in [0.5, 0.6) is 0 Å². The van der Waals surface area contributed by atoms with E-state index in [2.05, 4.69) is 26.1 Å². The first-order valence-electron chi connectivity index (χ1n) is 3.92. The maximum atomic E-state index is 5.87. The van der Waals surface area contributed by atoms with Crippen LogP contribution < -0.4 is 0 Å². The molecule has 2 rings (SSSR count). The molecule has 14 heavy (non-hydrogen) atoms. The molecule has 2 aromatic rings. The van der Waals surface area contributed by atoms with E-state index in [1.807, 2.05) is 19.1 Å². The Morgan fingerprint density at radius 1 is 1.43 bits per heavy atom. The van der Waals surface area contributed by atoms with Crippen molar-refractivity contribution < 1.29 is 4.52 Å². The number of halogens is 2. The van der Waals surface area contributed by atoms with Crippen molar-refractivity contribution in [1.29, 1.82) is 0 Å². The zero-order valence-electron chi connectivity index (χ0n) is 7.29. The largest absolute Gasteiger partial charge is 0.333 e. The molecule has 1 aromatic heterocycles. The summed E-state index contributed by atoms with van der Waals surface area (Å²) < 4.78 is 5.46. The Bertz CT molecular complexity index is 470. The Morgan fingerprint density at radius 3 is 2.86 bits per heavy atom. The van der Waals surface area contributed by atoms with Crippen LogP contribution in [0.2, 0.25) is 5.02 Å². The quantitative estimate of drug-likeness (QED) is 0.798. The van der Waals surface area contributed by atoms with Crippen LogP contribution in [0.4, 0.5) is 0 Å². The molecule has 0 aliphatic rings. The van der Waals surface area contributed by atoms with E-state index >= 15 is 0 Å². The lowest BCUT2D eigenvalue weighted by Gasteiger charge is -1.99. The van der Waals surface area contributed by atoms with E-state index in [-0.39, 0.29) is 0 Å². The summed E-state index contributed by atoms with van der Waals surface area (Å²) >= 11 is 9.00.